The Morgan fingerprint density at radius 1 is 1.20 bits per heavy atom. The number of carboxylic acid groups (broad SMARTS) is 2. The van der Waals surface area contributed by atoms with E-state index >= 15 is 0 Å². The number of nitrogens with two attached hydrogens (primary N) is 2. The van der Waals surface area contributed by atoms with Crippen LogP contribution >= 0.6 is 11.6 Å². The Kier molecular flexibility index (Phi) is 7.92. The summed E-state index contributed by atoms with van der Waals surface area (Å²) < 4.78 is 57.8. The molecule has 0 spiro atoms. The van der Waals surface area contributed by atoms with Crippen molar-refractivity contribution < 1.29 is 41.4 Å². The first-order chi connectivity index (χ1) is 13.6. The van der Waals surface area contributed by atoms with Crippen LogP contribution in [0.15, 0.2) is 34.2 Å². The minimum atomic E-state index is -5.08. The molecule has 16 heteroatoms. The maximum atomic E-state index is 12.1. The zero-order valence-electron chi connectivity index (χ0n) is 14.5. The van der Waals surface area contributed by atoms with Crippen LogP contribution in [0.5, 0.6) is 0 Å². The lowest BCUT2D eigenvalue weighted by atomic mass is 10.1. The first-order valence-corrected chi connectivity index (χ1v) is 9.21. The van der Waals surface area contributed by atoms with E-state index in [2.05, 4.69) is 9.98 Å². The summed E-state index contributed by atoms with van der Waals surface area (Å²) in [6, 6.07) is 5.60. The average Bonchev–Trinajstić information content (AvgIpc) is 2.58. The van der Waals surface area contributed by atoms with Crippen molar-refractivity contribution in [3.05, 3.63) is 29.4 Å². The van der Waals surface area contributed by atoms with E-state index in [1.807, 2.05) is 4.72 Å². The maximum absolute atomic E-state index is 12.1. The molecule has 0 aliphatic rings. The van der Waals surface area contributed by atoms with Gasteiger partial charge in [0.1, 0.15) is 11.7 Å². The van der Waals surface area contributed by atoms with E-state index in [9.17, 15) is 26.4 Å². The third-order valence-electron chi connectivity index (χ3n) is 2.95. The summed E-state index contributed by atoms with van der Waals surface area (Å²) in [4.78, 5) is 27.0. The number of alkyl halides is 3. The van der Waals surface area contributed by atoms with Gasteiger partial charge in [0.15, 0.2) is 11.8 Å². The molecule has 11 nitrogen and oxygen atoms in total. The monoisotopic (exact) mass is 471 g/mol. The van der Waals surface area contributed by atoms with Gasteiger partial charge in [0, 0.05) is 5.39 Å². The molecule has 0 amide bonds. The fourth-order valence-electron chi connectivity index (χ4n) is 1.79. The zero-order chi connectivity index (χ0) is 23.3. The van der Waals surface area contributed by atoms with Gasteiger partial charge >= 0.3 is 18.1 Å². The fraction of sp³-hybridized carbons (Fsp3) is 0.143. The highest BCUT2D eigenvalue weighted by atomic mass is 35.5. The number of guanidine groups is 1. The Balaban J connectivity index is 0.000000553. The molecule has 2 aromatic rings. The molecule has 1 aromatic carbocycles. The summed E-state index contributed by atoms with van der Waals surface area (Å²) in [5.41, 5.74) is 10.6. The number of hydrogen-bond donors (Lipinski definition) is 5. The van der Waals surface area contributed by atoms with Gasteiger partial charge in [0.2, 0.25) is 10.0 Å². The molecule has 1 aromatic heterocycles. The number of pyridine rings is 1. The van der Waals surface area contributed by atoms with Crippen LogP contribution < -0.4 is 16.2 Å². The summed E-state index contributed by atoms with van der Waals surface area (Å²) >= 11 is 5.86. The number of rotatable bonds is 5. The number of aliphatic imine (C=N–C) groups is 1. The van der Waals surface area contributed by atoms with Gasteiger partial charge in [-0.1, -0.05) is 17.7 Å². The van der Waals surface area contributed by atoms with Crippen LogP contribution in [-0.4, -0.2) is 54.2 Å². The number of carbonyl (C=O) groups is 2. The standard InChI is InChI=1S/C12H12ClN5O4S.C2HF3O2/c13-9-3-6-1-2-7(23(21,22)16-5-10(19)20)4-8(6)11(17-9)18-12(14)15;3-2(4,5)1(6)7/h1-4,16H,5H2,(H,19,20)(H4,14,15,17,18);(H,6,7). The molecule has 0 aliphatic carbocycles. The number of benzene rings is 1. The highest BCUT2D eigenvalue weighted by Crippen LogP contribution is 2.29. The molecule has 0 bridgehead atoms. The van der Waals surface area contributed by atoms with Crippen molar-refractivity contribution in [1.29, 1.82) is 0 Å². The van der Waals surface area contributed by atoms with Crippen molar-refractivity contribution >= 4 is 56.1 Å². The molecule has 0 atom stereocenters. The number of nitrogens with zero attached hydrogens (tertiary/aromatic N) is 2. The van der Waals surface area contributed by atoms with E-state index in [0.29, 0.717) is 10.8 Å². The number of aromatic nitrogens is 1. The van der Waals surface area contributed by atoms with E-state index in [0.717, 1.165) is 0 Å². The summed E-state index contributed by atoms with van der Waals surface area (Å²) in [6.07, 6.45) is -5.08. The van der Waals surface area contributed by atoms with Crippen LogP contribution in [0.2, 0.25) is 5.15 Å². The van der Waals surface area contributed by atoms with E-state index in [4.69, 9.17) is 38.1 Å². The lowest BCUT2D eigenvalue weighted by molar-refractivity contribution is -0.192. The molecule has 0 aliphatic heterocycles. The summed E-state index contributed by atoms with van der Waals surface area (Å²) in [7, 11) is -4.00. The lowest BCUT2D eigenvalue weighted by Crippen LogP contribution is -2.29. The second-order valence-electron chi connectivity index (χ2n) is 5.21. The van der Waals surface area contributed by atoms with Crippen molar-refractivity contribution in [2.24, 2.45) is 16.5 Å². The highest BCUT2D eigenvalue weighted by Gasteiger charge is 2.38. The molecule has 0 saturated heterocycles. The van der Waals surface area contributed by atoms with Gasteiger partial charge < -0.3 is 21.7 Å². The maximum Gasteiger partial charge on any atom is 0.490 e. The van der Waals surface area contributed by atoms with Gasteiger partial charge in [0.25, 0.3) is 0 Å². The molecule has 7 N–H and O–H groups in total. The van der Waals surface area contributed by atoms with Crippen LogP contribution in [0.3, 0.4) is 0 Å². The Labute approximate surface area is 171 Å². The smallest absolute Gasteiger partial charge is 0.480 e. The van der Waals surface area contributed by atoms with Crippen molar-refractivity contribution in [2.45, 2.75) is 11.1 Å². The number of sulfonamides is 1. The molecule has 0 saturated carbocycles. The molecular weight excluding hydrogens is 459 g/mol. The zero-order valence-corrected chi connectivity index (χ0v) is 16.1. The van der Waals surface area contributed by atoms with Gasteiger partial charge in [-0.25, -0.2) is 18.2 Å². The van der Waals surface area contributed by atoms with E-state index in [-0.39, 0.29) is 21.8 Å². The second kappa shape index (κ2) is 9.55. The number of fused-ring (bicyclic) bond motifs is 1. The number of carboxylic acids is 2. The van der Waals surface area contributed by atoms with Gasteiger partial charge in [-0.3, -0.25) is 4.79 Å². The molecular formula is C14H13ClF3N5O6S. The first-order valence-electron chi connectivity index (χ1n) is 7.35. The van der Waals surface area contributed by atoms with Gasteiger partial charge in [-0.2, -0.15) is 22.9 Å². The minimum Gasteiger partial charge on any atom is -0.480 e. The topological polar surface area (TPSA) is 198 Å². The normalized spacial score (nSPS) is 11.3. The summed E-state index contributed by atoms with van der Waals surface area (Å²) in [6.45, 7) is -0.736. The van der Waals surface area contributed by atoms with Crippen LogP contribution in [0.25, 0.3) is 10.8 Å². The molecule has 1 heterocycles. The average molecular weight is 472 g/mol. The third kappa shape index (κ3) is 7.34. The van der Waals surface area contributed by atoms with Crippen molar-refractivity contribution in [2.75, 3.05) is 6.54 Å². The van der Waals surface area contributed by atoms with Crippen LogP contribution in [0.1, 0.15) is 0 Å². The molecule has 0 fully saturated rings. The lowest BCUT2D eigenvalue weighted by Gasteiger charge is -2.08. The van der Waals surface area contributed by atoms with Gasteiger partial charge in [0.05, 0.1) is 4.90 Å². The van der Waals surface area contributed by atoms with E-state index in [1.54, 1.807) is 0 Å². The predicted octanol–water partition coefficient (Wildman–Crippen LogP) is 0.789. The Bertz CT molecular complexity index is 1100. The summed E-state index contributed by atoms with van der Waals surface area (Å²) in [5, 5.41) is 16.8. The van der Waals surface area contributed by atoms with Crippen molar-refractivity contribution in [3.63, 3.8) is 0 Å². The van der Waals surface area contributed by atoms with Crippen molar-refractivity contribution in [1.82, 2.24) is 9.71 Å². The molecule has 30 heavy (non-hydrogen) atoms. The molecule has 0 unspecified atom stereocenters. The van der Waals surface area contributed by atoms with Crippen LogP contribution in [0.4, 0.5) is 19.0 Å². The minimum absolute atomic E-state index is 0.0581. The number of hydrogen-bond acceptors (Lipinski definition) is 6. The Hall–Kier alpha value is -3.17. The van der Waals surface area contributed by atoms with Crippen LogP contribution in [-0.2, 0) is 19.6 Å². The SMILES string of the molecule is NC(N)=Nc1nc(Cl)cc2ccc(S(=O)(=O)NCC(=O)O)cc12.O=C(O)C(F)(F)F. The first kappa shape index (κ1) is 24.9. The Morgan fingerprint density at radius 2 is 1.77 bits per heavy atom. The largest absolute Gasteiger partial charge is 0.490 e. The quantitative estimate of drug-likeness (QED) is 0.237. The van der Waals surface area contributed by atoms with E-state index in [1.165, 1.54) is 24.3 Å². The van der Waals surface area contributed by atoms with E-state index < -0.39 is 34.7 Å². The second-order valence-corrected chi connectivity index (χ2v) is 7.36. The Morgan fingerprint density at radius 3 is 2.23 bits per heavy atom. The number of aliphatic carboxylic acids is 2. The molecule has 2 rings (SSSR count). The van der Waals surface area contributed by atoms with Crippen LogP contribution in [0, 0.1) is 0 Å². The highest BCUT2D eigenvalue weighted by molar-refractivity contribution is 7.89. The number of halogens is 4. The van der Waals surface area contributed by atoms with Gasteiger partial charge in [-0.05, 0) is 23.6 Å². The third-order valence-corrected chi connectivity index (χ3v) is 4.55. The predicted molar refractivity (Wildman–Crippen MR) is 98.7 cm³/mol. The molecule has 164 valence electrons. The van der Waals surface area contributed by atoms with Gasteiger partial charge in [-0.15, -0.1) is 0 Å². The fourth-order valence-corrected chi connectivity index (χ4v) is 2.99. The summed E-state index contributed by atoms with van der Waals surface area (Å²) in [5.74, 6) is -4.27. The molecule has 0 radical (unpaired) electrons. The van der Waals surface area contributed by atoms with Crippen molar-refractivity contribution in [3.8, 4) is 0 Å². The number of nitrogens with one attached hydrogen (secondary N) is 1.